The average Bonchev–Trinajstić information content (AvgIpc) is 3.36. The molecule has 4 rings (SSSR count). The van der Waals surface area contributed by atoms with Crippen molar-refractivity contribution in [3.63, 3.8) is 0 Å². The van der Waals surface area contributed by atoms with Gasteiger partial charge in [0.1, 0.15) is 0 Å². The van der Waals surface area contributed by atoms with Crippen molar-refractivity contribution in [2.75, 3.05) is 26.7 Å². The second kappa shape index (κ2) is 6.37. The highest BCUT2D eigenvalue weighted by atomic mass is 79.9. The van der Waals surface area contributed by atoms with E-state index in [0.717, 1.165) is 29.3 Å². The molecule has 1 aliphatic carbocycles. The highest BCUT2D eigenvalue weighted by molar-refractivity contribution is 9.10. The van der Waals surface area contributed by atoms with Crippen LogP contribution in [0.5, 0.6) is 0 Å². The third kappa shape index (κ3) is 3.13. The van der Waals surface area contributed by atoms with Crippen molar-refractivity contribution in [1.82, 2.24) is 15.1 Å². The average molecular weight is 420 g/mol. The van der Waals surface area contributed by atoms with Gasteiger partial charge in [-0.25, -0.2) is 0 Å². The molecular formula is C19H22BrN3O3. The molecule has 6 nitrogen and oxygen atoms in total. The van der Waals surface area contributed by atoms with Gasteiger partial charge < -0.3 is 15.1 Å². The molecule has 3 aliphatic rings. The molecule has 0 bridgehead atoms. The number of halogens is 1. The zero-order valence-electron chi connectivity index (χ0n) is 14.8. The minimum absolute atomic E-state index is 0.0107. The van der Waals surface area contributed by atoms with E-state index < -0.39 is 0 Å². The number of benzene rings is 1. The topological polar surface area (TPSA) is 69.7 Å². The Hall–Kier alpha value is -1.89. The molecular weight excluding hydrogens is 398 g/mol. The van der Waals surface area contributed by atoms with Crippen molar-refractivity contribution in [2.24, 2.45) is 0 Å². The molecule has 1 N–H and O–H groups in total. The number of nitrogens with one attached hydrogen (secondary N) is 1. The monoisotopic (exact) mass is 419 g/mol. The molecule has 0 radical (unpaired) electrons. The molecule has 3 amide bonds. The molecule has 1 saturated carbocycles. The largest absolute Gasteiger partial charge is 0.351 e. The van der Waals surface area contributed by atoms with Crippen LogP contribution in [-0.2, 0) is 15.0 Å². The van der Waals surface area contributed by atoms with Gasteiger partial charge in [-0.2, -0.15) is 0 Å². The fraction of sp³-hybridized carbons (Fsp3) is 0.526. The maximum Gasteiger partial charge on any atom is 0.254 e. The molecule has 0 unspecified atom stereocenters. The SMILES string of the molecule is CN1CC[C@H](NC(=O)CN2CC3(CC3)c3cc(Br)ccc3C2=O)CC1=O. The number of carbonyl (C=O) groups excluding carboxylic acids is 3. The van der Waals surface area contributed by atoms with Crippen molar-refractivity contribution in [2.45, 2.75) is 37.1 Å². The molecule has 0 aromatic heterocycles. The number of fused-ring (bicyclic) bond motifs is 2. The molecule has 1 aromatic rings. The zero-order valence-corrected chi connectivity index (χ0v) is 16.3. The van der Waals surface area contributed by atoms with Crippen LogP contribution in [-0.4, -0.2) is 60.2 Å². The van der Waals surface area contributed by atoms with Crippen LogP contribution < -0.4 is 5.32 Å². The minimum atomic E-state index is -0.183. The third-order valence-electron chi connectivity index (χ3n) is 5.78. The van der Waals surface area contributed by atoms with Crippen molar-refractivity contribution in [1.29, 1.82) is 0 Å². The molecule has 1 atom stereocenters. The summed E-state index contributed by atoms with van der Waals surface area (Å²) in [4.78, 5) is 40.4. The molecule has 7 heteroatoms. The van der Waals surface area contributed by atoms with Crippen LogP contribution in [0.4, 0.5) is 0 Å². The maximum absolute atomic E-state index is 12.8. The predicted molar refractivity (Wildman–Crippen MR) is 99.8 cm³/mol. The summed E-state index contributed by atoms with van der Waals surface area (Å²) in [7, 11) is 1.78. The number of amides is 3. The highest BCUT2D eigenvalue weighted by Gasteiger charge is 2.51. The van der Waals surface area contributed by atoms with Gasteiger partial charge in [-0.1, -0.05) is 15.9 Å². The Balaban J connectivity index is 1.44. The Labute approximate surface area is 161 Å². The maximum atomic E-state index is 12.8. The van der Waals surface area contributed by atoms with Gasteiger partial charge in [-0.15, -0.1) is 0 Å². The number of hydrogen-bond donors (Lipinski definition) is 1. The summed E-state index contributed by atoms with van der Waals surface area (Å²) in [6.45, 7) is 1.30. The van der Waals surface area contributed by atoms with E-state index in [1.54, 1.807) is 16.8 Å². The molecule has 138 valence electrons. The summed E-state index contributed by atoms with van der Waals surface area (Å²) >= 11 is 3.49. The Bertz CT molecular complexity index is 790. The first-order valence-corrected chi connectivity index (χ1v) is 9.80. The van der Waals surface area contributed by atoms with Crippen LogP contribution >= 0.6 is 15.9 Å². The van der Waals surface area contributed by atoms with Gasteiger partial charge >= 0.3 is 0 Å². The van der Waals surface area contributed by atoms with Crippen LogP contribution in [0.3, 0.4) is 0 Å². The van der Waals surface area contributed by atoms with E-state index in [2.05, 4.69) is 21.2 Å². The number of nitrogens with zero attached hydrogens (tertiary/aromatic N) is 2. The van der Waals surface area contributed by atoms with Gasteiger partial charge in [-0.3, -0.25) is 14.4 Å². The van der Waals surface area contributed by atoms with E-state index in [1.807, 2.05) is 18.2 Å². The second-order valence-corrected chi connectivity index (χ2v) is 8.62. The van der Waals surface area contributed by atoms with Gasteiger partial charge in [0.25, 0.3) is 5.91 Å². The van der Waals surface area contributed by atoms with E-state index in [0.29, 0.717) is 25.1 Å². The fourth-order valence-corrected chi connectivity index (χ4v) is 4.41. The first-order valence-electron chi connectivity index (χ1n) is 9.01. The van der Waals surface area contributed by atoms with Crippen LogP contribution in [0.1, 0.15) is 41.6 Å². The predicted octanol–water partition coefficient (Wildman–Crippen LogP) is 1.67. The van der Waals surface area contributed by atoms with Gasteiger partial charge in [-0.05, 0) is 43.0 Å². The summed E-state index contributed by atoms with van der Waals surface area (Å²) in [6, 6.07) is 5.63. The third-order valence-corrected chi connectivity index (χ3v) is 6.27. The van der Waals surface area contributed by atoms with E-state index in [1.165, 1.54) is 0 Å². The van der Waals surface area contributed by atoms with Gasteiger partial charge in [0.2, 0.25) is 11.8 Å². The Kier molecular flexibility index (Phi) is 4.29. The summed E-state index contributed by atoms with van der Waals surface area (Å²) < 4.78 is 0.980. The first kappa shape index (κ1) is 17.5. The molecule has 1 spiro atoms. The van der Waals surface area contributed by atoms with Crippen LogP contribution in [0.2, 0.25) is 0 Å². The molecule has 26 heavy (non-hydrogen) atoms. The van der Waals surface area contributed by atoms with Crippen molar-refractivity contribution in [3.05, 3.63) is 33.8 Å². The second-order valence-electron chi connectivity index (χ2n) is 7.70. The molecule has 1 saturated heterocycles. The Morgan fingerprint density at radius 3 is 2.81 bits per heavy atom. The van der Waals surface area contributed by atoms with Crippen LogP contribution in [0, 0.1) is 0 Å². The lowest BCUT2D eigenvalue weighted by atomic mass is 9.86. The normalized spacial score (nSPS) is 23.8. The fourth-order valence-electron chi connectivity index (χ4n) is 4.05. The van der Waals surface area contributed by atoms with Gasteiger partial charge in [0, 0.05) is 48.1 Å². The summed E-state index contributed by atoms with van der Waals surface area (Å²) in [5.41, 5.74) is 1.82. The lowest BCUT2D eigenvalue weighted by Gasteiger charge is -2.35. The standard InChI is InChI=1S/C19H22BrN3O3/c1-22-7-4-13(9-17(22)25)21-16(24)10-23-11-19(5-6-19)15-8-12(20)2-3-14(15)18(23)26/h2-3,8,13H,4-7,9-11H2,1H3,(H,21,24)/t13-/m0/s1. The van der Waals surface area contributed by atoms with Crippen LogP contribution in [0.15, 0.2) is 22.7 Å². The minimum Gasteiger partial charge on any atom is -0.351 e. The van der Waals surface area contributed by atoms with E-state index in [-0.39, 0.29) is 35.7 Å². The Morgan fingerprint density at radius 1 is 1.35 bits per heavy atom. The highest BCUT2D eigenvalue weighted by Crippen LogP contribution is 2.52. The summed E-state index contributed by atoms with van der Waals surface area (Å²) in [6.07, 6.45) is 3.18. The quantitative estimate of drug-likeness (QED) is 0.809. The van der Waals surface area contributed by atoms with E-state index in [4.69, 9.17) is 0 Å². The summed E-state index contributed by atoms with van der Waals surface area (Å²) in [5, 5.41) is 2.93. The number of carbonyl (C=O) groups is 3. The molecule has 2 fully saturated rings. The number of likely N-dealkylation sites (tertiary alicyclic amines) is 1. The van der Waals surface area contributed by atoms with Crippen molar-refractivity contribution in [3.8, 4) is 0 Å². The van der Waals surface area contributed by atoms with Gasteiger partial charge in [0.05, 0.1) is 6.54 Å². The Morgan fingerprint density at radius 2 is 2.12 bits per heavy atom. The number of rotatable bonds is 3. The molecule has 1 aromatic carbocycles. The van der Waals surface area contributed by atoms with Crippen molar-refractivity contribution < 1.29 is 14.4 Å². The first-order chi connectivity index (χ1) is 12.4. The van der Waals surface area contributed by atoms with E-state index in [9.17, 15) is 14.4 Å². The van der Waals surface area contributed by atoms with Crippen LogP contribution in [0.25, 0.3) is 0 Å². The number of piperidine rings is 1. The number of hydrogen-bond acceptors (Lipinski definition) is 3. The lowest BCUT2D eigenvalue weighted by Crippen LogP contribution is -2.51. The lowest BCUT2D eigenvalue weighted by molar-refractivity contribution is -0.133. The summed E-state index contributed by atoms with van der Waals surface area (Å²) in [5.74, 6) is -0.219. The van der Waals surface area contributed by atoms with Gasteiger partial charge in [0.15, 0.2) is 0 Å². The molecule has 2 aliphatic heterocycles. The zero-order chi connectivity index (χ0) is 18.5. The smallest absolute Gasteiger partial charge is 0.254 e. The van der Waals surface area contributed by atoms with Crippen molar-refractivity contribution >= 4 is 33.7 Å². The van der Waals surface area contributed by atoms with E-state index >= 15 is 0 Å². The molecule has 2 heterocycles.